The molecule has 0 spiro atoms. The molecule has 0 aromatic heterocycles. The van der Waals surface area contributed by atoms with Gasteiger partial charge in [0.05, 0.1) is 24.9 Å². The third-order valence-electron chi connectivity index (χ3n) is 14.7. The lowest BCUT2D eigenvalue weighted by Gasteiger charge is -2.63. The lowest BCUT2D eigenvalue weighted by molar-refractivity contribution is -0.223. The fraction of sp³-hybridized carbons (Fsp3) is 0.810. The zero-order chi connectivity index (χ0) is 40.5. The first kappa shape index (κ1) is 42.8. The van der Waals surface area contributed by atoms with E-state index in [1.807, 2.05) is 6.92 Å². The van der Waals surface area contributed by atoms with Gasteiger partial charge in [-0.3, -0.25) is 19.3 Å². The van der Waals surface area contributed by atoms with Crippen LogP contribution in [-0.2, 0) is 23.9 Å². The second kappa shape index (κ2) is 17.6. The van der Waals surface area contributed by atoms with E-state index in [0.717, 1.165) is 44.9 Å². The van der Waals surface area contributed by atoms with Gasteiger partial charge in [0.15, 0.2) is 0 Å². The summed E-state index contributed by atoms with van der Waals surface area (Å²) >= 11 is 1.49. The van der Waals surface area contributed by atoms with Crippen LogP contribution in [0.3, 0.4) is 0 Å². The number of carbonyl (C=O) groups excluding carboxylic acids is 4. The zero-order valence-electron chi connectivity index (χ0n) is 33.8. The number of alkyl carbamates (subject to hydrolysis) is 1. The normalized spacial score (nSPS) is 38.4. The second-order valence-corrected chi connectivity index (χ2v) is 19.1. The summed E-state index contributed by atoms with van der Waals surface area (Å²) in [7, 11) is 0. The molecule has 4 aliphatic carbocycles. The Hall–Kier alpha value is -2.83. The van der Waals surface area contributed by atoms with Gasteiger partial charge in [-0.05, 0) is 117 Å². The highest BCUT2D eigenvalue weighted by Gasteiger charge is 2.65. The van der Waals surface area contributed by atoms with Crippen molar-refractivity contribution in [2.45, 2.75) is 141 Å². The Morgan fingerprint density at radius 3 is 2.46 bits per heavy atom. The van der Waals surface area contributed by atoms with Crippen LogP contribution in [0.5, 0.6) is 0 Å². The van der Waals surface area contributed by atoms with Crippen molar-refractivity contribution in [2.75, 3.05) is 25.6 Å². The van der Waals surface area contributed by atoms with Crippen LogP contribution in [0.25, 0.3) is 0 Å². The molecule has 4 saturated carbocycles. The predicted octanol–water partition coefficient (Wildman–Crippen LogP) is 3.66. The van der Waals surface area contributed by atoms with Crippen molar-refractivity contribution >= 4 is 35.6 Å². The van der Waals surface area contributed by atoms with Gasteiger partial charge in [-0.25, -0.2) is 4.79 Å². The standard InChI is InChI=1S/C42H64N4O9S/c1-7-9-30(44-40(53)55-20-19-54-18-8-2)43-37(51)34-24(4)22-56-39-33(38(52)46(34)39)45-31(48)13-10-23(3)26-11-12-27-32-28(15-17-41(26,27)5)42(6)16-14-25(47)21-29(42)35(49)36(32)50/h1,23,25-30,32-33,35-36,39,47,49-50H,8-22H2,2-6H3,(H,43,51)(H,44,53)(H,45,48)/t23-,25-,26-,27+,28+,29+,30?,32+,33?,35?,36?,39?,41-,42-/m1/s1. The molecule has 312 valence electrons. The molecule has 5 unspecified atom stereocenters. The number of hydrogen-bond donors (Lipinski definition) is 6. The average Bonchev–Trinajstić information content (AvgIpc) is 3.52. The van der Waals surface area contributed by atoms with Gasteiger partial charge >= 0.3 is 6.09 Å². The lowest BCUT2D eigenvalue weighted by Crippen LogP contribution is -2.71. The lowest BCUT2D eigenvalue weighted by atomic mass is 9.43. The van der Waals surface area contributed by atoms with Gasteiger partial charge in [0, 0.05) is 25.2 Å². The number of hydrogen-bond acceptors (Lipinski definition) is 10. The second-order valence-electron chi connectivity index (χ2n) is 18.0. The van der Waals surface area contributed by atoms with Crippen molar-refractivity contribution in [1.29, 1.82) is 0 Å². The molecule has 2 heterocycles. The van der Waals surface area contributed by atoms with Gasteiger partial charge in [-0.15, -0.1) is 24.1 Å². The van der Waals surface area contributed by atoms with E-state index in [1.165, 1.54) is 16.7 Å². The number of carbonyl (C=O) groups is 4. The fourth-order valence-electron chi connectivity index (χ4n) is 11.9. The first-order valence-electron chi connectivity index (χ1n) is 20.9. The quantitative estimate of drug-likeness (QED) is 0.0656. The minimum absolute atomic E-state index is 0.00120. The summed E-state index contributed by atoms with van der Waals surface area (Å²) in [6.45, 7) is 11.5. The molecular weight excluding hydrogens is 737 g/mol. The minimum atomic E-state index is -0.923. The molecule has 0 aromatic carbocycles. The number of rotatable bonds is 14. The van der Waals surface area contributed by atoms with E-state index in [2.05, 4.69) is 42.6 Å². The summed E-state index contributed by atoms with van der Waals surface area (Å²) in [4.78, 5) is 54.2. The molecule has 0 radical (unpaired) electrons. The summed E-state index contributed by atoms with van der Waals surface area (Å²) in [5.41, 5.74) is 0.807. The van der Waals surface area contributed by atoms with Gasteiger partial charge in [0.1, 0.15) is 29.9 Å². The van der Waals surface area contributed by atoms with Gasteiger partial charge in [0.2, 0.25) is 5.91 Å². The average molecular weight is 801 g/mol. The number of ether oxygens (including phenoxy) is 2. The number of nitrogens with one attached hydrogen (secondary N) is 3. The number of thioether (sulfide) groups is 1. The van der Waals surface area contributed by atoms with Crippen LogP contribution in [0.2, 0.25) is 0 Å². The van der Waals surface area contributed by atoms with Crippen LogP contribution in [0.15, 0.2) is 11.3 Å². The van der Waals surface area contributed by atoms with Crippen LogP contribution in [-0.4, -0.2) is 106 Å². The number of terminal acetylenes is 1. The van der Waals surface area contributed by atoms with Gasteiger partial charge < -0.3 is 40.7 Å². The highest BCUT2D eigenvalue weighted by atomic mass is 32.2. The summed E-state index contributed by atoms with van der Waals surface area (Å²) in [5.74, 6) is 3.02. The summed E-state index contributed by atoms with van der Waals surface area (Å²) in [6, 6.07) is -0.753. The maximum Gasteiger partial charge on any atom is 0.408 e. The number of aliphatic hydroxyl groups is 3. The summed E-state index contributed by atoms with van der Waals surface area (Å²) in [6.07, 6.45) is 9.86. The Bertz CT molecular complexity index is 1570. The number of nitrogens with zero attached hydrogens (tertiary/aromatic N) is 1. The Morgan fingerprint density at radius 2 is 1.73 bits per heavy atom. The van der Waals surface area contributed by atoms with E-state index in [0.29, 0.717) is 48.5 Å². The fourth-order valence-corrected chi connectivity index (χ4v) is 13.2. The highest BCUT2D eigenvalue weighted by Crippen LogP contribution is 2.68. The molecule has 6 aliphatic rings. The van der Waals surface area contributed by atoms with E-state index >= 15 is 0 Å². The van der Waals surface area contributed by atoms with Crippen molar-refractivity contribution in [2.24, 2.45) is 46.3 Å². The van der Waals surface area contributed by atoms with Crippen LogP contribution < -0.4 is 16.0 Å². The summed E-state index contributed by atoms with van der Waals surface area (Å²) < 4.78 is 10.5. The van der Waals surface area contributed by atoms with E-state index < -0.39 is 47.9 Å². The molecule has 6 N–H and O–H groups in total. The number of aliphatic hydroxyl groups excluding tert-OH is 3. The minimum Gasteiger partial charge on any atom is -0.447 e. The Morgan fingerprint density at radius 1 is 1.00 bits per heavy atom. The van der Waals surface area contributed by atoms with Crippen molar-refractivity contribution in [1.82, 2.24) is 20.9 Å². The SMILES string of the molecule is C#CCC(NC(=O)OCCOCCC)NC(=O)C1=C(C)CSC2C(NC(=O)CC[C@@H](C)[C@H]3CC[C@H]4[C@@H]5C(O)C(O)[C@@H]6C[C@H](O)CC[C@]6(C)[C@H]5CC[C@]34C)C(=O)N12. The first-order chi connectivity index (χ1) is 26.7. The van der Waals surface area contributed by atoms with Crippen LogP contribution in [0.4, 0.5) is 4.79 Å². The predicted molar refractivity (Wildman–Crippen MR) is 211 cm³/mol. The molecule has 2 aliphatic heterocycles. The van der Waals surface area contributed by atoms with Gasteiger partial charge in [0.25, 0.3) is 11.8 Å². The van der Waals surface area contributed by atoms with Gasteiger partial charge in [-0.2, -0.15) is 0 Å². The topological polar surface area (TPSA) is 187 Å². The zero-order valence-corrected chi connectivity index (χ0v) is 34.6. The molecule has 0 aromatic rings. The molecule has 56 heavy (non-hydrogen) atoms. The maximum atomic E-state index is 13.5. The molecule has 14 heteroatoms. The first-order valence-corrected chi connectivity index (χ1v) is 21.9. The number of β-lactam (4-membered cyclic amide) rings is 1. The van der Waals surface area contributed by atoms with E-state index in [-0.39, 0.29) is 72.2 Å². The molecule has 1 saturated heterocycles. The smallest absolute Gasteiger partial charge is 0.408 e. The van der Waals surface area contributed by atoms with Crippen LogP contribution >= 0.6 is 11.8 Å². The highest BCUT2D eigenvalue weighted by molar-refractivity contribution is 8.00. The largest absolute Gasteiger partial charge is 0.447 e. The molecule has 13 nitrogen and oxygen atoms in total. The van der Waals surface area contributed by atoms with Crippen molar-refractivity contribution in [3.63, 3.8) is 0 Å². The molecule has 6 rings (SSSR count). The molecule has 4 amide bonds. The Kier molecular flexibility index (Phi) is 13.4. The monoisotopic (exact) mass is 800 g/mol. The van der Waals surface area contributed by atoms with Crippen molar-refractivity contribution in [3.8, 4) is 12.3 Å². The van der Waals surface area contributed by atoms with Crippen LogP contribution in [0.1, 0.15) is 105 Å². The Labute approximate surface area is 336 Å². The molecule has 5 fully saturated rings. The van der Waals surface area contributed by atoms with Crippen molar-refractivity contribution in [3.05, 3.63) is 11.3 Å². The van der Waals surface area contributed by atoms with Gasteiger partial charge in [-0.1, -0.05) is 27.7 Å². The molecule has 14 atom stereocenters. The van der Waals surface area contributed by atoms with E-state index in [9.17, 15) is 34.5 Å². The third kappa shape index (κ3) is 8.09. The Balaban J connectivity index is 1.01. The third-order valence-corrected chi connectivity index (χ3v) is 16.2. The number of amides is 4. The molecular formula is C42H64N4O9S. The molecule has 0 bridgehead atoms. The van der Waals surface area contributed by atoms with Crippen molar-refractivity contribution < 1.29 is 44.0 Å². The van der Waals surface area contributed by atoms with Crippen LogP contribution in [0, 0.1) is 58.7 Å². The van der Waals surface area contributed by atoms with E-state index in [1.54, 1.807) is 6.92 Å². The number of fused-ring (bicyclic) bond motifs is 6. The summed E-state index contributed by atoms with van der Waals surface area (Å²) in [5, 5.41) is 41.3. The maximum absolute atomic E-state index is 13.5. The van der Waals surface area contributed by atoms with E-state index in [4.69, 9.17) is 15.9 Å².